The van der Waals surface area contributed by atoms with Crippen LogP contribution < -0.4 is 10.6 Å². The van der Waals surface area contributed by atoms with E-state index in [2.05, 4.69) is 22.8 Å². The molecular formula is C23H26N2O6. The van der Waals surface area contributed by atoms with Crippen molar-refractivity contribution in [1.82, 2.24) is 10.6 Å². The highest BCUT2D eigenvalue weighted by Gasteiger charge is 2.29. The van der Waals surface area contributed by atoms with E-state index in [1.165, 1.54) is 0 Å². The number of hydrogen-bond donors (Lipinski definition) is 3. The van der Waals surface area contributed by atoms with Gasteiger partial charge < -0.3 is 25.2 Å². The van der Waals surface area contributed by atoms with Crippen LogP contribution in [-0.4, -0.2) is 56.0 Å². The summed E-state index contributed by atoms with van der Waals surface area (Å²) < 4.78 is 10.3. The van der Waals surface area contributed by atoms with Crippen LogP contribution in [0.15, 0.2) is 48.5 Å². The molecule has 1 aliphatic rings. The summed E-state index contributed by atoms with van der Waals surface area (Å²) in [6.07, 6.45) is -0.577. The van der Waals surface area contributed by atoms with Crippen LogP contribution in [0.25, 0.3) is 11.1 Å². The van der Waals surface area contributed by atoms with Crippen LogP contribution in [0.4, 0.5) is 4.79 Å². The van der Waals surface area contributed by atoms with Crippen molar-refractivity contribution in [3.05, 3.63) is 59.7 Å². The van der Waals surface area contributed by atoms with Gasteiger partial charge in [-0.15, -0.1) is 0 Å². The average Bonchev–Trinajstić information content (AvgIpc) is 3.09. The third-order valence-electron chi connectivity index (χ3n) is 5.12. The van der Waals surface area contributed by atoms with Gasteiger partial charge in [0.2, 0.25) is 5.91 Å². The highest BCUT2D eigenvalue weighted by atomic mass is 16.5. The van der Waals surface area contributed by atoms with Gasteiger partial charge in [0.1, 0.15) is 13.2 Å². The zero-order valence-corrected chi connectivity index (χ0v) is 17.3. The predicted octanol–water partition coefficient (Wildman–Crippen LogP) is 2.38. The number of rotatable bonds is 10. The van der Waals surface area contributed by atoms with E-state index >= 15 is 0 Å². The lowest BCUT2D eigenvalue weighted by atomic mass is 9.98. The van der Waals surface area contributed by atoms with Gasteiger partial charge in [0.15, 0.2) is 0 Å². The molecule has 0 saturated heterocycles. The van der Waals surface area contributed by atoms with E-state index in [0.717, 1.165) is 22.3 Å². The monoisotopic (exact) mass is 426 g/mol. The third-order valence-corrected chi connectivity index (χ3v) is 5.12. The van der Waals surface area contributed by atoms with Crippen LogP contribution in [0.1, 0.15) is 24.0 Å². The molecule has 0 aromatic heterocycles. The Bertz CT molecular complexity index is 900. The zero-order chi connectivity index (χ0) is 22.2. The molecule has 8 heteroatoms. The molecule has 0 fully saturated rings. The summed E-state index contributed by atoms with van der Waals surface area (Å²) in [5.41, 5.74) is 4.58. The first-order chi connectivity index (χ1) is 15.0. The molecule has 164 valence electrons. The fraction of sp³-hybridized carbons (Fsp3) is 0.348. The van der Waals surface area contributed by atoms with Crippen molar-refractivity contribution in [3.8, 4) is 11.1 Å². The lowest BCUT2D eigenvalue weighted by Crippen LogP contribution is -2.39. The molecule has 0 saturated carbocycles. The topological polar surface area (TPSA) is 114 Å². The van der Waals surface area contributed by atoms with Gasteiger partial charge in [-0.3, -0.25) is 4.79 Å². The number of nitrogens with one attached hydrogen (secondary N) is 2. The molecule has 1 aliphatic carbocycles. The Labute approximate surface area is 180 Å². The molecule has 8 nitrogen and oxygen atoms in total. The molecule has 1 unspecified atom stereocenters. The highest BCUT2D eigenvalue weighted by molar-refractivity contribution is 5.80. The second kappa shape index (κ2) is 10.6. The number of aliphatic carboxylic acids is 1. The molecule has 0 aliphatic heterocycles. The number of fused-ring (bicyclic) bond motifs is 3. The number of hydrogen-bond acceptors (Lipinski definition) is 5. The van der Waals surface area contributed by atoms with E-state index in [9.17, 15) is 14.4 Å². The number of alkyl carbamates (subject to hydrolysis) is 1. The van der Waals surface area contributed by atoms with Crippen LogP contribution >= 0.6 is 0 Å². The molecule has 0 bridgehead atoms. The van der Waals surface area contributed by atoms with Crippen LogP contribution in [0.3, 0.4) is 0 Å². The second-order valence-electron chi connectivity index (χ2n) is 7.34. The Morgan fingerprint density at radius 3 is 2.23 bits per heavy atom. The SMILES string of the molecule is CC(CNC(=O)OCC1c2ccccc2-c2ccccc21)C(=O)NCCOCC(=O)O. The Morgan fingerprint density at radius 2 is 1.61 bits per heavy atom. The van der Waals surface area contributed by atoms with Gasteiger partial charge >= 0.3 is 12.1 Å². The van der Waals surface area contributed by atoms with E-state index < -0.39 is 24.6 Å². The first kappa shape index (κ1) is 22.3. The van der Waals surface area contributed by atoms with Gasteiger partial charge in [0.25, 0.3) is 0 Å². The molecule has 31 heavy (non-hydrogen) atoms. The van der Waals surface area contributed by atoms with E-state index in [1.54, 1.807) is 6.92 Å². The molecule has 0 spiro atoms. The maximum atomic E-state index is 12.2. The molecule has 3 N–H and O–H groups in total. The smallest absolute Gasteiger partial charge is 0.407 e. The number of ether oxygens (including phenoxy) is 2. The van der Waals surface area contributed by atoms with Crippen molar-refractivity contribution < 1.29 is 29.0 Å². The summed E-state index contributed by atoms with van der Waals surface area (Å²) in [7, 11) is 0. The second-order valence-corrected chi connectivity index (χ2v) is 7.34. The van der Waals surface area contributed by atoms with Crippen LogP contribution in [0.2, 0.25) is 0 Å². The van der Waals surface area contributed by atoms with E-state index in [0.29, 0.717) is 0 Å². The molecule has 2 amide bonds. The average molecular weight is 426 g/mol. The number of carboxylic acid groups (broad SMARTS) is 1. The fourth-order valence-corrected chi connectivity index (χ4v) is 3.56. The van der Waals surface area contributed by atoms with Crippen molar-refractivity contribution in [1.29, 1.82) is 0 Å². The largest absolute Gasteiger partial charge is 0.480 e. The van der Waals surface area contributed by atoms with Crippen LogP contribution in [0, 0.1) is 5.92 Å². The number of carboxylic acids is 1. The molecule has 0 radical (unpaired) electrons. The van der Waals surface area contributed by atoms with Crippen molar-refractivity contribution in [2.24, 2.45) is 5.92 Å². The molecule has 2 aromatic rings. The zero-order valence-electron chi connectivity index (χ0n) is 17.3. The maximum absolute atomic E-state index is 12.2. The predicted molar refractivity (Wildman–Crippen MR) is 114 cm³/mol. The maximum Gasteiger partial charge on any atom is 0.407 e. The van der Waals surface area contributed by atoms with Gasteiger partial charge in [-0.1, -0.05) is 55.5 Å². The first-order valence-electron chi connectivity index (χ1n) is 10.1. The number of amides is 2. The van der Waals surface area contributed by atoms with E-state index in [1.807, 2.05) is 36.4 Å². The minimum absolute atomic E-state index is 0.0234. The Kier molecular flexibility index (Phi) is 7.61. The highest BCUT2D eigenvalue weighted by Crippen LogP contribution is 2.44. The van der Waals surface area contributed by atoms with Gasteiger partial charge in [-0.05, 0) is 22.3 Å². The summed E-state index contributed by atoms with van der Waals surface area (Å²) in [6.45, 7) is 1.90. The van der Waals surface area contributed by atoms with Gasteiger partial charge in [-0.25, -0.2) is 9.59 Å². The molecular weight excluding hydrogens is 400 g/mol. The molecule has 0 heterocycles. The number of carbonyl (C=O) groups is 3. The third kappa shape index (κ3) is 5.82. The van der Waals surface area contributed by atoms with Crippen LogP contribution in [0.5, 0.6) is 0 Å². The molecule has 3 rings (SSSR count). The summed E-state index contributed by atoms with van der Waals surface area (Å²) in [5.74, 6) is -1.82. The summed E-state index contributed by atoms with van der Waals surface area (Å²) in [5, 5.41) is 13.7. The normalized spacial score (nSPS) is 13.1. The minimum Gasteiger partial charge on any atom is -0.480 e. The minimum atomic E-state index is -1.06. The van der Waals surface area contributed by atoms with Crippen molar-refractivity contribution in [3.63, 3.8) is 0 Å². The van der Waals surface area contributed by atoms with Crippen molar-refractivity contribution >= 4 is 18.0 Å². The van der Waals surface area contributed by atoms with E-state index in [4.69, 9.17) is 14.6 Å². The first-order valence-corrected chi connectivity index (χ1v) is 10.1. The quantitative estimate of drug-likeness (QED) is 0.503. The van der Waals surface area contributed by atoms with Crippen molar-refractivity contribution in [2.75, 3.05) is 32.9 Å². The Hall–Kier alpha value is -3.39. The van der Waals surface area contributed by atoms with Gasteiger partial charge in [0.05, 0.1) is 12.5 Å². The lowest BCUT2D eigenvalue weighted by molar-refractivity contribution is -0.142. The summed E-state index contributed by atoms with van der Waals surface area (Å²) in [6, 6.07) is 16.2. The molecule has 1 atom stereocenters. The summed E-state index contributed by atoms with van der Waals surface area (Å²) >= 11 is 0. The van der Waals surface area contributed by atoms with Crippen LogP contribution in [-0.2, 0) is 19.1 Å². The Morgan fingerprint density at radius 1 is 1.00 bits per heavy atom. The lowest BCUT2D eigenvalue weighted by Gasteiger charge is -2.16. The van der Waals surface area contributed by atoms with Crippen molar-refractivity contribution in [2.45, 2.75) is 12.8 Å². The molecule has 2 aromatic carbocycles. The van der Waals surface area contributed by atoms with Gasteiger partial charge in [-0.2, -0.15) is 0 Å². The van der Waals surface area contributed by atoms with Gasteiger partial charge in [0, 0.05) is 19.0 Å². The number of carbonyl (C=O) groups excluding carboxylic acids is 2. The fourth-order valence-electron chi connectivity index (χ4n) is 3.56. The number of benzene rings is 2. The summed E-state index contributed by atoms with van der Waals surface area (Å²) in [4.78, 5) is 34.5. The Balaban J connectivity index is 1.42. The standard InChI is InChI=1S/C23H26N2O6/c1-15(22(28)24-10-11-30-14-21(26)27)12-25-23(29)31-13-20-18-8-4-2-6-16(18)17-7-3-5-9-19(17)20/h2-9,15,20H,10-14H2,1H3,(H,24,28)(H,25,29)(H,26,27). The van der Waals surface area contributed by atoms with E-state index in [-0.39, 0.29) is 38.1 Å².